The number of rotatable bonds is 6. The Balaban J connectivity index is 1.44. The van der Waals surface area contributed by atoms with E-state index in [1.807, 2.05) is 50.2 Å². The lowest BCUT2D eigenvalue weighted by Crippen LogP contribution is -2.29. The van der Waals surface area contributed by atoms with Crippen LogP contribution >= 0.6 is 0 Å². The Morgan fingerprint density at radius 2 is 1.76 bits per heavy atom. The molecule has 0 aromatic heterocycles. The summed E-state index contributed by atoms with van der Waals surface area (Å²) < 4.78 is 34.7. The fourth-order valence-electron chi connectivity index (χ4n) is 4.86. The fourth-order valence-corrected chi connectivity index (χ4v) is 5.95. The van der Waals surface area contributed by atoms with Crippen molar-refractivity contribution in [2.24, 2.45) is 11.8 Å². The van der Waals surface area contributed by atoms with Crippen molar-refractivity contribution >= 4 is 27.2 Å². The zero-order valence-corrected chi connectivity index (χ0v) is 20.0. The maximum atomic E-state index is 13.0. The van der Waals surface area contributed by atoms with Crippen molar-refractivity contribution in [1.82, 2.24) is 0 Å². The van der Waals surface area contributed by atoms with Crippen molar-refractivity contribution in [3.05, 3.63) is 89.5 Å². The van der Waals surface area contributed by atoms with Gasteiger partial charge < -0.3 is 10.1 Å². The number of carbonyl (C=O) groups excluding carboxylic acids is 1. The minimum absolute atomic E-state index is 0.0214. The Kier molecular flexibility index (Phi) is 5.91. The lowest BCUT2D eigenvalue weighted by atomic mass is 9.81. The molecule has 1 saturated heterocycles. The van der Waals surface area contributed by atoms with Crippen molar-refractivity contribution in [2.75, 3.05) is 16.6 Å². The van der Waals surface area contributed by atoms with E-state index in [9.17, 15) is 13.2 Å². The number of benzene rings is 3. The summed E-state index contributed by atoms with van der Waals surface area (Å²) >= 11 is 0. The van der Waals surface area contributed by atoms with Gasteiger partial charge in [0, 0.05) is 40.9 Å². The molecule has 7 heteroatoms. The number of sulfonamides is 1. The summed E-state index contributed by atoms with van der Waals surface area (Å²) in [6.45, 7) is 4.43. The molecule has 3 aromatic carbocycles. The van der Waals surface area contributed by atoms with Gasteiger partial charge in [-0.05, 0) is 42.3 Å². The number of anilines is 2. The monoisotopic (exact) mass is 476 g/mol. The predicted molar refractivity (Wildman–Crippen MR) is 132 cm³/mol. The quantitative estimate of drug-likeness (QED) is 0.454. The van der Waals surface area contributed by atoms with Gasteiger partial charge in [-0.1, -0.05) is 56.3 Å². The first-order chi connectivity index (χ1) is 16.3. The number of hydrogen-bond donors (Lipinski definition) is 2. The Bertz CT molecular complexity index is 1300. The standard InChI is InChI=1S/C27H28N2O4S/c1-17(2)26(30)19-10-8-18(9-11-19)25-22-14-15-33-27(22)23-16-21(12-13-24(23)28-25)34(31,32)29-20-6-4-3-5-7-20/h3-13,16-17,22,25,27-29H,14-15H2,1-2H3/t22-,25?,27-/m0/s1. The molecule has 0 radical (unpaired) electrons. The summed E-state index contributed by atoms with van der Waals surface area (Å²) in [5, 5.41) is 3.60. The van der Waals surface area contributed by atoms with Crippen LogP contribution in [0, 0.1) is 11.8 Å². The lowest BCUT2D eigenvalue weighted by molar-refractivity contribution is 0.0827. The van der Waals surface area contributed by atoms with E-state index in [1.165, 1.54) is 0 Å². The molecule has 34 heavy (non-hydrogen) atoms. The van der Waals surface area contributed by atoms with Gasteiger partial charge in [0.1, 0.15) is 0 Å². The summed E-state index contributed by atoms with van der Waals surface area (Å²) in [5.41, 5.74) is 4.06. The maximum absolute atomic E-state index is 13.0. The molecule has 0 aliphatic carbocycles. The molecule has 0 amide bonds. The summed E-state index contributed by atoms with van der Waals surface area (Å²) in [7, 11) is -3.73. The number of ketones is 1. The average Bonchev–Trinajstić information content (AvgIpc) is 3.33. The van der Waals surface area contributed by atoms with E-state index >= 15 is 0 Å². The van der Waals surface area contributed by atoms with Crippen molar-refractivity contribution in [3.63, 3.8) is 0 Å². The van der Waals surface area contributed by atoms with Crippen LogP contribution in [0.25, 0.3) is 0 Å². The van der Waals surface area contributed by atoms with Gasteiger partial charge in [0.05, 0.1) is 17.0 Å². The van der Waals surface area contributed by atoms with Gasteiger partial charge in [-0.2, -0.15) is 0 Å². The molecule has 6 nitrogen and oxygen atoms in total. The van der Waals surface area contributed by atoms with Crippen molar-refractivity contribution in [1.29, 1.82) is 0 Å². The van der Waals surface area contributed by atoms with Crippen LogP contribution in [-0.4, -0.2) is 20.8 Å². The van der Waals surface area contributed by atoms with Crippen LogP contribution in [0.5, 0.6) is 0 Å². The van der Waals surface area contributed by atoms with E-state index in [0.29, 0.717) is 12.3 Å². The van der Waals surface area contributed by atoms with Gasteiger partial charge in [0.15, 0.2) is 5.78 Å². The zero-order valence-electron chi connectivity index (χ0n) is 19.2. The minimum Gasteiger partial charge on any atom is -0.378 e. The number of fused-ring (bicyclic) bond motifs is 3. The Labute approximate surface area is 200 Å². The highest BCUT2D eigenvalue weighted by Gasteiger charge is 2.42. The maximum Gasteiger partial charge on any atom is 0.261 e. The topological polar surface area (TPSA) is 84.5 Å². The smallest absolute Gasteiger partial charge is 0.261 e. The number of para-hydroxylation sites is 1. The first-order valence-electron chi connectivity index (χ1n) is 11.6. The molecular formula is C27H28N2O4S. The number of Topliss-reactive ketones (excluding diaryl/α,β-unsaturated/α-hetero) is 1. The third-order valence-corrected chi connectivity index (χ3v) is 8.00. The molecule has 0 spiro atoms. The van der Waals surface area contributed by atoms with Crippen LogP contribution in [0.1, 0.15) is 53.9 Å². The van der Waals surface area contributed by atoms with Crippen LogP contribution in [-0.2, 0) is 14.8 Å². The first-order valence-corrected chi connectivity index (χ1v) is 13.1. The third-order valence-electron chi connectivity index (χ3n) is 6.62. The molecule has 3 atom stereocenters. The summed E-state index contributed by atoms with van der Waals surface area (Å²) in [6, 6.07) is 21.8. The van der Waals surface area contributed by atoms with Crippen LogP contribution in [0.3, 0.4) is 0 Å². The molecule has 2 aliphatic rings. The fraction of sp³-hybridized carbons (Fsp3) is 0.296. The van der Waals surface area contributed by atoms with E-state index in [0.717, 1.165) is 28.8 Å². The zero-order chi connectivity index (χ0) is 23.9. The second-order valence-electron chi connectivity index (χ2n) is 9.23. The van der Waals surface area contributed by atoms with Gasteiger partial charge in [0.25, 0.3) is 10.0 Å². The second-order valence-corrected chi connectivity index (χ2v) is 10.9. The second kappa shape index (κ2) is 8.89. The minimum atomic E-state index is -3.73. The van der Waals surface area contributed by atoms with Crippen LogP contribution < -0.4 is 10.0 Å². The molecular weight excluding hydrogens is 448 g/mol. The highest BCUT2D eigenvalue weighted by molar-refractivity contribution is 7.92. The number of hydrogen-bond acceptors (Lipinski definition) is 5. The van der Waals surface area contributed by atoms with Crippen molar-refractivity contribution in [3.8, 4) is 0 Å². The number of ether oxygens (including phenoxy) is 1. The average molecular weight is 477 g/mol. The molecule has 3 aromatic rings. The number of carbonyl (C=O) groups is 1. The van der Waals surface area contributed by atoms with Gasteiger partial charge in [0.2, 0.25) is 0 Å². The van der Waals surface area contributed by atoms with Crippen LogP contribution in [0.2, 0.25) is 0 Å². The van der Waals surface area contributed by atoms with Gasteiger partial charge >= 0.3 is 0 Å². The molecule has 2 N–H and O–H groups in total. The molecule has 176 valence electrons. The normalized spacial score (nSPS) is 21.4. The molecule has 0 bridgehead atoms. The Morgan fingerprint density at radius 1 is 1.03 bits per heavy atom. The molecule has 0 saturated carbocycles. The van der Waals surface area contributed by atoms with Crippen LogP contribution in [0.15, 0.2) is 77.7 Å². The van der Waals surface area contributed by atoms with E-state index in [-0.39, 0.29) is 34.7 Å². The molecule has 2 aliphatic heterocycles. The highest BCUT2D eigenvalue weighted by Crippen LogP contribution is 2.50. The number of nitrogens with one attached hydrogen (secondary N) is 2. The highest BCUT2D eigenvalue weighted by atomic mass is 32.2. The van der Waals surface area contributed by atoms with E-state index in [2.05, 4.69) is 10.0 Å². The van der Waals surface area contributed by atoms with Gasteiger partial charge in [-0.3, -0.25) is 9.52 Å². The van der Waals surface area contributed by atoms with Crippen LogP contribution in [0.4, 0.5) is 11.4 Å². The lowest BCUT2D eigenvalue weighted by Gasteiger charge is -2.36. The third kappa shape index (κ3) is 4.21. The van der Waals surface area contributed by atoms with Crippen molar-refractivity contribution < 1.29 is 17.9 Å². The summed E-state index contributed by atoms with van der Waals surface area (Å²) in [5.74, 6) is 0.257. The Morgan fingerprint density at radius 3 is 2.47 bits per heavy atom. The van der Waals surface area contributed by atoms with E-state index in [4.69, 9.17) is 4.74 Å². The van der Waals surface area contributed by atoms with Gasteiger partial charge in [-0.25, -0.2) is 8.42 Å². The summed E-state index contributed by atoms with van der Waals surface area (Å²) in [6.07, 6.45) is 0.679. The Hall–Kier alpha value is -3.16. The first kappa shape index (κ1) is 22.6. The van der Waals surface area contributed by atoms with Gasteiger partial charge in [-0.15, -0.1) is 0 Å². The SMILES string of the molecule is CC(C)C(=O)c1ccc(C2Nc3ccc(S(=O)(=O)Nc4ccccc4)cc3[C@H]3OCC[C@@H]23)cc1. The summed E-state index contributed by atoms with van der Waals surface area (Å²) in [4.78, 5) is 12.5. The molecule has 5 rings (SSSR count). The predicted octanol–water partition coefficient (Wildman–Crippen LogP) is 5.57. The van der Waals surface area contributed by atoms with Crippen molar-refractivity contribution in [2.45, 2.75) is 37.3 Å². The van der Waals surface area contributed by atoms with E-state index < -0.39 is 10.0 Å². The molecule has 1 unspecified atom stereocenters. The van der Waals surface area contributed by atoms with E-state index in [1.54, 1.807) is 36.4 Å². The molecule has 2 heterocycles. The largest absolute Gasteiger partial charge is 0.378 e. The molecule has 1 fully saturated rings.